The smallest absolute Gasteiger partial charge is 0.257 e. The van der Waals surface area contributed by atoms with Crippen LogP contribution in [-0.4, -0.2) is 42.9 Å². The van der Waals surface area contributed by atoms with Gasteiger partial charge in [0.05, 0.1) is 10.6 Å². The van der Waals surface area contributed by atoms with Crippen molar-refractivity contribution in [3.8, 4) is 0 Å². The number of carbonyl (C=O) groups is 2. The quantitative estimate of drug-likeness (QED) is 0.742. The minimum absolute atomic E-state index is 0.124. The molecule has 0 saturated heterocycles. The fourth-order valence-electron chi connectivity index (χ4n) is 2.52. The first kappa shape index (κ1) is 19.9. The van der Waals surface area contributed by atoms with Gasteiger partial charge in [-0.3, -0.25) is 9.59 Å². The Labute approximate surface area is 159 Å². The third-order valence-electron chi connectivity index (χ3n) is 4.13. The summed E-state index contributed by atoms with van der Waals surface area (Å²) in [5, 5.41) is 6.08. The highest BCUT2D eigenvalue weighted by atomic mass is 35.5. The van der Waals surface area contributed by atoms with Gasteiger partial charge in [-0.15, -0.1) is 0 Å². The Kier molecular flexibility index (Phi) is 7.63. The zero-order valence-corrected chi connectivity index (χ0v) is 15.8. The van der Waals surface area contributed by atoms with Crippen molar-refractivity contribution < 1.29 is 9.59 Å². The van der Waals surface area contributed by atoms with Crippen molar-refractivity contribution in [3.63, 3.8) is 0 Å². The van der Waals surface area contributed by atoms with Gasteiger partial charge in [0.15, 0.2) is 0 Å². The number of anilines is 1. The Morgan fingerprint density at radius 1 is 0.962 bits per heavy atom. The maximum atomic E-state index is 12.2. The van der Waals surface area contributed by atoms with Crippen LogP contribution in [0.5, 0.6) is 0 Å². The minimum atomic E-state index is -0.285. The first-order valence-electron chi connectivity index (χ1n) is 8.71. The number of rotatable bonds is 8. The molecule has 0 spiro atoms. The van der Waals surface area contributed by atoms with Gasteiger partial charge in [0.25, 0.3) is 11.8 Å². The number of nitrogens with zero attached hydrogens (tertiary/aromatic N) is 1. The van der Waals surface area contributed by atoms with Crippen LogP contribution in [0.2, 0.25) is 5.02 Å². The molecule has 0 aliphatic carbocycles. The van der Waals surface area contributed by atoms with Crippen molar-refractivity contribution in [2.45, 2.75) is 13.8 Å². The molecule has 5 nitrogen and oxygen atoms in total. The highest BCUT2D eigenvalue weighted by Gasteiger charge is 2.11. The highest BCUT2D eigenvalue weighted by molar-refractivity contribution is 6.34. The summed E-state index contributed by atoms with van der Waals surface area (Å²) in [5.41, 5.74) is 1.57. The minimum Gasteiger partial charge on any atom is -0.351 e. The van der Waals surface area contributed by atoms with E-state index >= 15 is 0 Å². The molecule has 0 unspecified atom stereocenters. The van der Waals surface area contributed by atoms with Gasteiger partial charge in [-0.25, -0.2) is 0 Å². The van der Waals surface area contributed by atoms with E-state index in [1.165, 1.54) is 0 Å². The van der Waals surface area contributed by atoms with Gasteiger partial charge in [0, 0.05) is 24.3 Å². The van der Waals surface area contributed by atoms with Crippen LogP contribution in [0.15, 0.2) is 48.5 Å². The fraction of sp³-hybridized carbons (Fsp3) is 0.300. The second-order valence-electron chi connectivity index (χ2n) is 5.79. The second kappa shape index (κ2) is 9.94. The summed E-state index contributed by atoms with van der Waals surface area (Å²) < 4.78 is 0. The summed E-state index contributed by atoms with van der Waals surface area (Å²) in [5.74, 6) is -0.409. The van der Waals surface area contributed by atoms with Crippen molar-refractivity contribution in [1.29, 1.82) is 0 Å². The average Bonchev–Trinajstić information content (AvgIpc) is 2.66. The second-order valence-corrected chi connectivity index (χ2v) is 6.20. The van der Waals surface area contributed by atoms with Gasteiger partial charge in [-0.1, -0.05) is 37.6 Å². The average molecular weight is 374 g/mol. The molecule has 0 radical (unpaired) electrons. The van der Waals surface area contributed by atoms with Crippen LogP contribution < -0.4 is 10.6 Å². The predicted molar refractivity (Wildman–Crippen MR) is 106 cm³/mol. The van der Waals surface area contributed by atoms with E-state index in [-0.39, 0.29) is 11.8 Å². The van der Waals surface area contributed by atoms with Gasteiger partial charge >= 0.3 is 0 Å². The van der Waals surface area contributed by atoms with Gasteiger partial charge in [0.1, 0.15) is 0 Å². The first-order chi connectivity index (χ1) is 12.5. The van der Waals surface area contributed by atoms with E-state index in [9.17, 15) is 9.59 Å². The van der Waals surface area contributed by atoms with Crippen LogP contribution in [0.25, 0.3) is 0 Å². The molecule has 0 bridgehead atoms. The molecule has 0 aromatic heterocycles. The maximum Gasteiger partial charge on any atom is 0.257 e. The largest absolute Gasteiger partial charge is 0.351 e. The summed E-state index contributed by atoms with van der Waals surface area (Å²) >= 11 is 6.03. The van der Waals surface area contributed by atoms with E-state index in [0.29, 0.717) is 28.4 Å². The lowest BCUT2D eigenvalue weighted by atomic mass is 10.1. The Hall–Kier alpha value is -2.37. The number of hydrogen-bond acceptors (Lipinski definition) is 3. The van der Waals surface area contributed by atoms with Gasteiger partial charge in [-0.2, -0.15) is 0 Å². The van der Waals surface area contributed by atoms with Gasteiger partial charge in [0.2, 0.25) is 0 Å². The van der Waals surface area contributed by atoms with Gasteiger partial charge in [-0.05, 0) is 49.5 Å². The van der Waals surface area contributed by atoms with Crippen molar-refractivity contribution >= 4 is 29.1 Å². The molecule has 2 aromatic carbocycles. The molecule has 2 amide bonds. The van der Waals surface area contributed by atoms with E-state index in [2.05, 4.69) is 29.4 Å². The zero-order valence-electron chi connectivity index (χ0n) is 15.1. The lowest BCUT2D eigenvalue weighted by Crippen LogP contribution is -2.34. The summed E-state index contributed by atoms with van der Waals surface area (Å²) in [6, 6.07) is 13.6. The predicted octanol–water partition coefficient (Wildman–Crippen LogP) is 3.66. The van der Waals surface area contributed by atoms with Crippen LogP contribution in [0.4, 0.5) is 5.69 Å². The van der Waals surface area contributed by atoms with E-state index in [1.807, 2.05) is 0 Å². The molecule has 0 aliphatic rings. The lowest BCUT2D eigenvalue weighted by Gasteiger charge is -2.18. The van der Waals surface area contributed by atoms with Crippen LogP contribution in [-0.2, 0) is 0 Å². The third-order valence-corrected chi connectivity index (χ3v) is 4.46. The van der Waals surface area contributed by atoms with Crippen LogP contribution >= 0.6 is 11.6 Å². The molecule has 26 heavy (non-hydrogen) atoms. The molecule has 0 atom stereocenters. The number of nitrogens with one attached hydrogen (secondary N) is 2. The molecule has 0 saturated carbocycles. The standard InChI is InChI=1S/C20H24ClN3O2/c1-3-24(4-2)14-13-22-19(25)15-9-11-16(12-10-15)23-20(26)17-7-5-6-8-18(17)21/h5-12H,3-4,13-14H2,1-2H3,(H,22,25)(H,23,26). The first-order valence-corrected chi connectivity index (χ1v) is 9.09. The molecule has 138 valence electrons. The van der Waals surface area contributed by atoms with E-state index in [4.69, 9.17) is 11.6 Å². The zero-order chi connectivity index (χ0) is 18.9. The van der Waals surface area contributed by atoms with Crippen molar-refractivity contribution in [2.24, 2.45) is 0 Å². The topological polar surface area (TPSA) is 61.4 Å². The van der Waals surface area contributed by atoms with Crippen molar-refractivity contribution in [1.82, 2.24) is 10.2 Å². The number of halogens is 1. The molecular weight excluding hydrogens is 350 g/mol. The summed E-state index contributed by atoms with van der Waals surface area (Å²) in [7, 11) is 0. The number of carbonyl (C=O) groups excluding carboxylic acids is 2. The van der Waals surface area contributed by atoms with Crippen molar-refractivity contribution in [3.05, 3.63) is 64.7 Å². The maximum absolute atomic E-state index is 12.2. The number of benzene rings is 2. The normalized spacial score (nSPS) is 10.6. The molecule has 2 rings (SSSR count). The van der Waals surface area contributed by atoms with E-state index in [1.54, 1.807) is 48.5 Å². The molecule has 2 N–H and O–H groups in total. The van der Waals surface area contributed by atoms with Crippen LogP contribution in [0.1, 0.15) is 34.6 Å². The van der Waals surface area contributed by atoms with Crippen LogP contribution in [0.3, 0.4) is 0 Å². The number of hydrogen-bond donors (Lipinski definition) is 2. The highest BCUT2D eigenvalue weighted by Crippen LogP contribution is 2.17. The Morgan fingerprint density at radius 2 is 1.62 bits per heavy atom. The molecule has 0 fully saturated rings. The summed E-state index contributed by atoms with van der Waals surface area (Å²) in [6.45, 7) is 7.55. The summed E-state index contributed by atoms with van der Waals surface area (Å²) in [6.07, 6.45) is 0. The molecule has 0 heterocycles. The lowest BCUT2D eigenvalue weighted by molar-refractivity contribution is 0.0948. The molecule has 2 aromatic rings. The number of likely N-dealkylation sites (N-methyl/N-ethyl adjacent to an activating group) is 1. The van der Waals surface area contributed by atoms with Crippen LogP contribution in [0, 0.1) is 0 Å². The Morgan fingerprint density at radius 3 is 2.23 bits per heavy atom. The Balaban J connectivity index is 1.90. The Bertz CT molecular complexity index is 743. The summed E-state index contributed by atoms with van der Waals surface area (Å²) in [4.78, 5) is 26.6. The van der Waals surface area contributed by atoms with E-state index < -0.39 is 0 Å². The molecule has 6 heteroatoms. The third kappa shape index (κ3) is 5.58. The van der Waals surface area contributed by atoms with Crippen molar-refractivity contribution in [2.75, 3.05) is 31.5 Å². The fourth-order valence-corrected chi connectivity index (χ4v) is 2.74. The SMILES string of the molecule is CCN(CC)CCNC(=O)c1ccc(NC(=O)c2ccccc2Cl)cc1. The van der Waals surface area contributed by atoms with Gasteiger partial charge < -0.3 is 15.5 Å². The molecular formula is C20H24ClN3O2. The molecule has 0 aliphatic heterocycles. The van der Waals surface area contributed by atoms with E-state index in [0.717, 1.165) is 19.6 Å². The number of amides is 2. The monoisotopic (exact) mass is 373 g/mol.